The van der Waals surface area contributed by atoms with E-state index in [9.17, 15) is 19.5 Å². The SMILES string of the molecule is CC(=O)O[C@H](Cc1ccc(O)cc1)NC(=O)[C@H](Cc1ccccc1)NC(=O)c1ccc(C)cc1. The van der Waals surface area contributed by atoms with Gasteiger partial charge in [-0.05, 0) is 42.3 Å². The number of carbonyl (C=O) groups excluding carboxylic acids is 3. The highest BCUT2D eigenvalue weighted by atomic mass is 16.6. The molecule has 0 fully saturated rings. The number of ether oxygens (including phenoxy) is 1. The maximum absolute atomic E-state index is 13.2. The van der Waals surface area contributed by atoms with Crippen LogP contribution in [0.1, 0.15) is 34.0 Å². The van der Waals surface area contributed by atoms with Crippen LogP contribution in [0, 0.1) is 6.92 Å². The Bertz CT molecular complexity index is 1110. The fourth-order valence-corrected chi connectivity index (χ4v) is 3.43. The molecule has 3 N–H and O–H groups in total. The minimum absolute atomic E-state index is 0.110. The summed E-state index contributed by atoms with van der Waals surface area (Å²) in [6.07, 6.45) is -0.477. The Morgan fingerprint density at radius 1 is 0.824 bits per heavy atom. The second-order valence-electron chi connectivity index (χ2n) is 8.06. The van der Waals surface area contributed by atoms with E-state index in [1.54, 1.807) is 24.3 Å². The predicted octanol–water partition coefficient (Wildman–Crippen LogP) is 3.29. The molecular weight excluding hydrogens is 432 g/mol. The van der Waals surface area contributed by atoms with E-state index < -0.39 is 24.1 Å². The summed E-state index contributed by atoms with van der Waals surface area (Å²) in [7, 11) is 0. The summed E-state index contributed by atoms with van der Waals surface area (Å²) in [5, 5.41) is 15.0. The van der Waals surface area contributed by atoms with Gasteiger partial charge in [-0.3, -0.25) is 14.4 Å². The van der Waals surface area contributed by atoms with Gasteiger partial charge in [-0.1, -0.05) is 60.2 Å². The Morgan fingerprint density at radius 2 is 1.44 bits per heavy atom. The lowest BCUT2D eigenvalue weighted by atomic mass is 10.0. The molecular formula is C27H28N2O5. The quantitative estimate of drug-likeness (QED) is 0.336. The van der Waals surface area contributed by atoms with Crippen molar-refractivity contribution in [2.75, 3.05) is 0 Å². The van der Waals surface area contributed by atoms with E-state index in [1.807, 2.05) is 49.4 Å². The first-order valence-electron chi connectivity index (χ1n) is 11.0. The van der Waals surface area contributed by atoms with Crippen molar-refractivity contribution in [1.29, 1.82) is 0 Å². The molecule has 0 aliphatic carbocycles. The number of hydrogen-bond donors (Lipinski definition) is 3. The van der Waals surface area contributed by atoms with E-state index in [4.69, 9.17) is 4.74 Å². The molecule has 0 saturated carbocycles. The molecule has 0 spiro atoms. The summed E-state index contributed by atoms with van der Waals surface area (Å²) in [5.41, 5.74) is 3.09. The molecule has 34 heavy (non-hydrogen) atoms. The Balaban J connectivity index is 1.78. The second kappa shape index (κ2) is 11.7. The summed E-state index contributed by atoms with van der Waals surface area (Å²) >= 11 is 0. The van der Waals surface area contributed by atoms with Gasteiger partial charge in [0.1, 0.15) is 11.8 Å². The van der Waals surface area contributed by atoms with E-state index >= 15 is 0 Å². The van der Waals surface area contributed by atoms with Crippen LogP contribution in [0.2, 0.25) is 0 Å². The van der Waals surface area contributed by atoms with E-state index in [0.717, 1.165) is 16.7 Å². The molecule has 3 rings (SSSR count). The number of nitrogens with one attached hydrogen (secondary N) is 2. The van der Waals surface area contributed by atoms with Crippen LogP contribution in [0.4, 0.5) is 0 Å². The van der Waals surface area contributed by atoms with Crippen molar-refractivity contribution >= 4 is 17.8 Å². The Hall–Kier alpha value is -4.13. The van der Waals surface area contributed by atoms with Crippen molar-refractivity contribution in [2.45, 2.75) is 39.0 Å². The number of rotatable bonds is 9. The molecule has 0 radical (unpaired) electrons. The van der Waals surface area contributed by atoms with Crippen molar-refractivity contribution in [2.24, 2.45) is 0 Å². The maximum Gasteiger partial charge on any atom is 0.304 e. The Morgan fingerprint density at radius 3 is 2.06 bits per heavy atom. The lowest BCUT2D eigenvalue weighted by Gasteiger charge is -2.23. The van der Waals surface area contributed by atoms with Crippen molar-refractivity contribution < 1.29 is 24.2 Å². The van der Waals surface area contributed by atoms with Crippen molar-refractivity contribution in [3.8, 4) is 5.75 Å². The minimum atomic E-state index is -0.941. The van der Waals surface area contributed by atoms with E-state index in [1.165, 1.54) is 19.1 Å². The van der Waals surface area contributed by atoms with Crippen molar-refractivity contribution in [3.05, 3.63) is 101 Å². The zero-order chi connectivity index (χ0) is 24.5. The molecule has 0 saturated heterocycles. The average molecular weight is 461 g/mol. The molecule has 7 nitrogen and oxygen atoms in total. The van der Waals surface area contributed by atoms with Crippen LogP contribution in [0.25, 0.3) is 0 Å². The highest BCUT2D eigenvalue weighted by molar-refractivity contribution is 5.97. The normalized spacial score (nSPS) is 12.3. The van der Waals surface area contributed by atoms with Gasteiger partial charge in [-0.2, -0.15) is 0 Å². The minimum Gasteiger partial charge on any atom is -0.508 e. The van der Waals surface area contributed by atoms with Gasteiger partial charge in [-0.25, -0.2) is 0 Å². The molecule has 3 aromatic rings. The number of phenolic OH excluding ortho intramolecular Hbond substituents is 1. The van der Waals surface area contributed by atoms with Gasteiger partial charge >= 0.3 is 5.97 Å². The number of carbonyl (C=O) groups is 3. The Kier molecular flexibility index (Phi) is 8.40. The molecule has 3 aromatic carbocycles. The van der Waals surface area contributed by atoms with Gasteiger partial charge in [0, 0.05) is 25.3 Å². The summed E-state index contributed by atoms with van der Waals surface area (Å²) in [4.78, 5) is 37.7. The highest BCUT2D eigenvalue weighted by Crippen LogP contribution is 2.13. The molecule has 0 bridgehead atoms. The van der Waals surface area contributed by atoms with Crippen molar-refractivity contribution in [3.63, 3.8) is 0 Å². The first-order valence-corrected chi connectivity index (χ1v) is 11.0. The number of aryl methyl sites for hydroxylation is 1. The first-order chi connectivity index (χ1) is 16.3. The standard InChI is InChI=1S/C27H28N2O5/c1-18-8-12-22(13-9-18)26(32)28-24(16-20-6-4-3-5-7-20)27(33)29-25(34-19(2)30)17-21-10-14-23(31)15-11-21/h3-15,24-25,31H,16-17H2,1-2H3,(H,28,32)(H,29,33)/t24-,25+/m0/s1. The molecule has 0 aliphatic heterocycles. The fraction of sp³-hybridized carbons (Fsp3) is 0.222. The molecule has 0 heterocycles. The van der Waals surface area contributed by atoms with E-state index in [2.05, 4.69) is 10.6 Å². The van der Waals surface area contributed by atoms with Crippen LogP contribution < -0.4 is 10.6 Å². The number of esters is 1. The third kappa shape index (κ3) is 7.48. The molecule has 0 aliphatic rings. The van der Waals surface area contributed by atoms with Gasteiger partial charge < -0.3 is 20.5 Å². The van der Waals surface area contributed by atoms with Gasteiger partial charge in [0.25, 0.3) is 5.91 Å². The van der Waals surface area contributed by atoms with Gasteiger partial charge in [-0.15, -0.1) is 0 Å². The molecule has 7 heteroatoms. The van der Waals surface area contributed by atoms with Crippen molar-refractivity contribution in [1.82, 2.24) is 10.6 Å². The molecule has 176 valence electrons. The van der Waals surface area contributed by atoms with Crippen LogP contribution in [0.15, 0.2) is 78.9 Å². The van der Waals surface area contributed by atoms with Crippen LogP contribution in [0.3, 0.4) is 0 Å². The van der Waals surface area contributed by atoms with Crippen LogP contribution in [0.5, 0.6) is 5.75 Å². The molecule has 0 aromatic heterocycles. The maximum atomic E-state index is 13.2. The lowest BCUT2D eigenvalue weighted by Crippen LogP contribution is -2.52. The topological polar surface area (TPSA) is 105 Å². The van der Waals surface area contributed by atoms with Crippen LogP contribution in [-0.2, 0) is 27.2 Å². The summed E-state index contributed by atoms with van der Waals surface area (Å²) in [6, 6.07) is 21.9. The van der Waals surface area contributed by atoms with Crippen LogP contribution in [-0.4, -0.2) is 35.2 Å². The molecule has 2 amide bonds. The summed E-state index contributed by atoms with van der Waals surface area (Å²) in [6.45, 7) is 3.19. The van der Waals surface area contributed by atoms with E-state index in [0.29, 0.717) is 5.56 Å². The van der Waals surface area contributed by atoms with E-state index in [-0.39, 0.29) is 24.5 Å². The molecule has 2 atom stereocenters. The number of hydrogen-bond acceptors (Lipinski definition) is 5. The summed E-state index contributed by atoms with van der Waals surface area (Å²) in [5.74, 6) is -1.29. The smallest absolute Gasteiger partial charge is 0.304 e. The second-order valence-corrected chi connectivity index (χ2v) is 8.06. The number of benzene rings is 3. The van der Waals surface area contributed by atoms with Gasteiger partial charge in [0.2, 0.25) is 5.91 Å². The largest absolute Gasteiger partial charge is 0.508 e. The predicted molar refractivity (Wildman–Crippen MR) is 128 cm³/mol. The third-order valence-electron chi connectivity index (χ3n) is 5.19. The van der Waals surface area contributed by atoms with Gasteiger partial charge in [0.15, 0.2) is 6.23 Å². The number of aromatic hydroxyl groups is 1. The summed E-state index contributed by atoms with van der Waals surface area (Å²) < 4.78 is 5.31. The van der Waals surface area contributed by atoms with Gasteiger partial charge in [0.05, 0.1) is 0 Å². The fourth-order valence-electron chi connectivity index (χ4n) is 3.43. The Labute approximate surface area is 198 Å². The number of amides is 2. The average Bonchev–Trinajstić information content (AvgIpc) is 2.80. The zero-order valence-corrected chi connectivity index (χ0v) is 19.2. The lowest BCUT2D eigenvalue weighted by molar-refractivity contribution is -0.149. The number of phenols is 1. The monoisotopic (exact) mass is 460 g/mol. The first kappa shape index (κ1) is 24.5. The highest BCUT2D eigenvalue weighted by Gasteiger charge is 2.25. The third-order valence-corrected chi connectivity index (χ3v) is 5.19. The van der Waals surface area contributed by atoms with Crippen LogP contribution >= 0.6 is 0 Å². The molecule has 0 unspecified atom stereocenters. The zero-order valence-electron chi connectivity index (χ0n) is 19.2.